The summed E-state index contributed by atoms with van der Waals surface area (Å²) >= 11 is 0. The van der Waals surface area contributed by atoms with Crippen molar-refractivity contribution in [3.8, 4) is 0 Å². The van der Waals surface area contributed by atoms with Gasteiger partial charge in [0, 0.05) is 41.7 Å². The van der Waals surface area contributed by atoms with Crippen molar-refractivity contribution in [3.05, 3.63) is 0 Å². The van der Waals surface area contributed by atoms with Crippen molar-refractivity contribution in [2.24, 2.45) is 0 Å². The van der Waals surface area contributed by atoms with E-state index < -0.39 is 11.9 Å². The van der Waals surface area contributed by atoms with Crippen molar-refractivity contribution >= 4 is 11.9 Å². The molecule has 0 spiro atoms. The summed E-state index contributed by atoms with van der Waals surface area (Å²) < 4.78 is 0. The van der Waals surface area contributed by atoms with E-state index in [-0.39, 0.29) is 102 Å². The summed E-state index contributed by atoms with van der Waals surface area (Å²) in [6.07, 6.45) is 0. The Morgan fingerprint density at radius 1 is 0.444 bits per heavy atom. The van der Waals surface area contributed by atoms with Crippen LogP contribution in [0.3, 0.4) is 0 Å². The molecule has 0 saturated heterocycles. The van der Waals surface area contributed by atoms with E-state index in [4.69, 9.17) is 19.8 Å². The van der Waals surface area contributed by atoms with E-state index in [1.54, 1.807) is 0 Å². The molecular formula is C2H24CeO15. The molecular weight excluding hydrogens is 404 g/mol. The Morgan fingerprint density at radius 3 is 0.500 bits per heavy atom. The van der Waals surface area contributed by atoms with E-state index in [9.17, 15) is 0 Å². The molecule has 0 aliphatic heterocycles. The average molecular weight is 428 g/mol. The van der Waals surface area contributed by atoms with Gasteiger partial charge in [0.05, 0.1) is 0 Å². The van der Waals surface area contributed by atoms with Gasteiger partial charge in [0.25, 0.3) is 0 Å². The maximum Gasteiger partial charge on any atom is 0.414 e. The molecule has 0 atom stereocenters. The Hall–Kier alpha value is -0.123. The van der Waals surface area contributed by atoms with Crippen molar-refractivity contribution in [1.82, 2.24) is 0 Å². The summed E-state index contributed by atoms with van der Waals surface area (Å²) in [4.78, 5) is 18.2. The van der Waals surface area contributed by atoms with Crippen LogP contribution in [0.15, 0.2) is 0 Å². The van der Waals surface area contributed by atoms with Gasteiger partial charge in [0.1, 0.15) is 0 Å². The van der Waals surface area contributed by atoms with Gasteiger partial charge >= 0.3 is 11.9 Å². The summed E-state index contributed by atoms with van der Waals surface area (Å²) in [7, 11) is 0. The second-order valence-corrected chi connectivity index (χ2v) is 0.610. The van der Waals surface area contributed by atoms with Gasteiger partial charge < -0.3 is 70.5 Å². The molecule has 0 aromatic heterocycles. The second kappa shape index (κ2) is 123. The van der Waals surface area contributed by atoms with Crippen LogP contribution >= 0.6 is 0 Å². The number of hydrogen-bond donors (Lipinski definition) is 2. The van der Waals surface area contributed by atoms with Crippen molar-refractivity contribution in [2.45, 2.75) is 0 Å². The van der Waals surface area contributed by atoms with Crippen LogP contribution in [0.2, 0.25) is 0 Å². The normalized spacial score (nSPS) is 2.44. The van der Waals surface area contributed by atoms with Gasteiger partial charge in [0.2, 0.25) is 0 Å². The fourth-order valence-corrected chi connectivity index (χ4v) is 0. The maximum absolute atomic E-state index is 9.10. The molecule has 0 amide bonds. The number of aliphatic carboxylic acids is 2. The Bertz CT molecular complexity index is 80.5. The van der Waals surface area contributed by atoms with Gasteiger partial charge in [-0.25, -0.2) is 9.59 Å². The number of carboxylic acid groups (broad SMARTS) is 2. The zero-order chi connectivity index (χ0) is 5.15. The molecule has 0 aliphatic carbocycles. The average Bonchev–Trinajstić information content (AvgIpc) is 1.36. The molecule has 0 aromatic carbocycles. The van der Waals surface area contributed by atoms with Gasteiger partial charge in [-0.2, -0.15) is 0 Å². The summed E-state index contributed by atoms with van der Waals surface area (Å²) in [5.74, 6) is -3.65. The smallest absolute Gasteiger partial charge is 0.414 e. The molecule has 0 saturated carbocycles. The van der Waals surface area contributed by atoms with E-state index in [1.807, 2.05) is 0 Å². The summed E-state index contributed by atoms with van der Waals surface area (Å²) in [6, 6.07) is 0. The van der Waals surface area contributed by atoms with Crippen LogP contribution in [0, 0.1) is 41.7 Å². The monoisotopic (exact) mass is 428 g/mol. The largest absolute Gasteiger partial charge is 0.473 e. The fraction of sp³-hybridized carbons (Fsp3) is 0. The van der Waals surface area contributed by atoms with Crippen molar-refractivity contribution in [3.63, 3.8) is 0 Å². The topological polar surface area (TPSA) is 421 Å². The minimum absolute atomic E-state index is 0. The molecule has 18 heavy (non-hydrogen) atoms. The second-order valence-electron chi connectivity index (χ2n) is 0.610. The summed E-state index contributed by atoms with van der Waals surface area (Å²) in [5.41, 5.74) is 0. The molecule has 0 unspecified atom stereocenters. The van der Waals surface area contributed by atoms with Crippen molar-refractivity contribution < 1.29 is 122 Å². The molecule has 0 radical (unpaired) electrons. The Labute approximate surface area is 133 Å². The molecule has 0 rings (SSSR count). The van der Waals surface area contributed by atoms with E-state index in [1.165, 1.54) is 0 Å². The Kier molecular flexibility index (Phi) is 1470. The van der Waals surface area contributed by atoms with Crippen LogP contribution in [0.5, 0.6) is 0 Å². The third kappa shape index (κ3) is 234. The first kappa shape index (κ1) is 214. The molecule has 0 heterocycles. The van der Waals surface area contributed by atoms with Crippen LogP contribution in [0.1, 0.15) is 0 Å². The molecule has 0 aliphatic rings. The number of hydrogen-bond acceptors (Lipinski definition) is 2. The fourth-order valence-electron chi connectivity index (χ4n) is 0. The van der Waals surface area contributed by atoms with Gasteiger partial charge in [-0.05, 0) is 0 Å². The van der Waals surface area contributed by atoms with Crippen LogP contribution in [-0.2, 0) is 9.59 Å². The molecule has 0 aromatic rings. The van der Waals surface area contributed by atoms with Crippen LogP contribution < -0.4 is 0 Å². The maximum atomic E-state index is 9.10. The van der Waals surface area contributed by atoms with Crippen molar-refractivity contribution in [1.29, 1.82) is 0 Å². The number of rotatable bonds is 0. The number of carboxylic acids is 2. The first-order valence-electron chi connectivity index (χ1n) is 1.11. The number of carbonyl (C=O) groups is 2. The molecule has 126 valence electrons. The molecule has 0 bridgehead atoms. The molecule has 16 heteroatoms. The van der Waals surface area contributed by atoms with Gasteiger partial charge in [0.15, 0.2) is 0 Å². The predicted molar refractivity (Wildman–Crippen MR) is 55.0 cm³/mol. The van der Waals surface area contributed by atoms with Crippen LogP contribution in [0.25, 0.3) is 0 Å². The van der Waals surface area contributed by atoms with E-state index in [0.29, 0.717) is 0 Å². The van der Waals surface area contributed by atoms with Crippen molar-refractivity contribution in [2.75, 3.05) is 0 Å². The molecule has 0 fully saturated rings. The van der Waals surface area contributed by atoms with E-state index in [2.05, 4.69) is 0 Å². The van der Waals surface area contributed by atoms with E-state index in [0.717, 1.165) is 0 Å². The third-order valence-electron chi connectivity index (χ3n) is 0.183. The SMILES string of the molecule is O.O.O.O.O.O.O.O.O.O.O.O=C(O)C(=O)O.[Ce]. The first-order chi connectivity index (χ1) is 2.64. The van der Waals surface area contributed by atoms with Gasteiger partial charge in [-0.3, -0.25) is 0 Å². The molecule has 24 N–H and O–H groups in total. The quantitative estimate of drug-likeness (QED) is 0.354. The zero-order valence-electron chi connectivity index (χ0n) is 8.71. The van der Waals surface area contributed by atoms with Crippen LogP contribution in [-0.4, -0.2) is 82.4 Å². The zero-order valence-corrected chi connectivity index (χ0v) is 11.9. The molecule has 15 nitrogen and oxygen atoms in total. The van der Waals surface area contributed by atoms with E-state index >= 15 is 0 Å². The Balaban J connectivity index is -0.00000000189. The minimum Gasteiger partial charge on any atom is -0.473 e. The summed E-state index contributed by atoms with van der Waals surface area (Å²) in [6.45, 7) is 0. The first-order valence-corrected chi connectivity index (χ1v) is 1.11. The minimum atomic E-state index is -1.82. The third-order valence-corrected chi connectivity index (χ3v) is 0.183. The van der Waals surface area contributed by atoms with Gasteiger partial charge in [-0.1, -0.05) is 0 Å². The summed E-state index contributed by atoms with van der Waals surface area (Å²) in [5, 5.41) is 14.8. The predicted octanol–water partition coefficient (Wildman–Crippen LogP) is -9.92. The standard InChI is InChI=1S/C2H2O4.Ce.11H2O/c3-1(4)2(5)6;;;;;;;;;;;;/h(H,3,4)(H,5,6);;11*1H2. The Morgan fingerprint density at radius 2 is 0.500 bits per heavy atom. The van der Waals surface area contributed by atoms with Crippen LogP contribution in [0.4, 0.5) is 0 Å². The van der Waals surface area contributed by atoms with Gasteiger partial charge in [-0.15, -0.1) is 0 Å².